The van der Waals surface area contributed by atoms with Crippen LogP contribution in [0.4, 0.5) is 66.3 Å². The molecule has 37 heteroatoms. The number of fused-ring (bicyclic) bond motifs is 1. The van der Waals surface area contributed by atoms with Crippen molar-refractivity contribution in [3.8, 4) is 67.5 Å². The summed E-state index contributed by atoms with van der Waals surface area (Å²) < 4.78 is 116. The Morgan fingerprint density at radius 2 is 0.720 bits per heavy atom. The van der Waals surface area contributed by atoms with Crippen LogP contribution in [0, 0.1) is 34.9 Å². The third-order valence-electron chi connectivity index (χ3n) is 23.7. The van der Waals surface area contributed by atoms with E-state index in [0.29, 0.717) is 62.0 Å². The van der Waals surface area contributed by atoms with Crippen LogP contribution in [0.3, 0.4) is 0 Å². The number of benzene rings is 7. The molecule has 0 aliphatic carbocycles. The molecule has 0 atom stereocenters. The average molecular weight is 2080 g/mol. The van der Waals surface area contributed by atoms with Gasteiger partial charge in [0.2, 0.25) is 5.91 Å². The third kappa shape index (κ3) is 33.7. The Bertz CT molecular complexity index is 7370. The van der Waals surface area contributed by atoms with Gasteiger partial charge in [-0.2, -0.15) is 0 Å². The van der Waals surface area contributed by atoms with Crippen molar-refractivity contribution in [2.75, 3.05) is 83.8 Å². The molecular formula is C113H115F6N16O13PS. The summed E-state index contributed by atoms with van der Waals surface area (Å²) in [4.78, 5) is 121. The second-order valence-electron chi connectivity index (χ2n) is 35.6. The number of pyridine rings is 6. The van der Waals surface area contributed by atoms with E-state index in [1.807, 2.05) is 143 Å². The summed E-state index contributed by atoms with van der Waals surface area (Å²) in [6, 6.07) is 59.7. The standard InChI is InChI=1S/C21H17FN2O2.C19H18FN5O.C19H22FN3O3S.C19H19FN2O2.C18H19FN2O2.C17H20FN2O3P/c1-24(18-5-3-2-4-6-18)19-13-15(7-12-20(25)26)14-23-21(19)16-8-10-17(22)11-9-16;20-13-6-4-12(5-7-13)16-19(25-10-2-1-3-11-25)24-18-15(22-16)9-8-14(23-18)17(21)26;1-13(2)23(4)18-11-15(9-10-27(25,26)22-14(3)24)12-21-19(18)16-5-7-17(20)8-6-16;20-16-7-5-15(6-8-16)19-17(22-10-2-1-3-11-22)12-14(13-21-19)4-9-18(23)24;1-12(2)21(3)16-10-13(4-9-17(22)23)11-20-18(16)14-5-7-15(19)8-6-14;1-12(2)20(3)16-10-13(8-9-24(21,22)23)11-19-17(16)14-4-6-15(18)7-5-14/h2-14H,1H3,(H,25,26);4-9H,1-3,10-11H2,(H2,21,26);5-13H,1-4H3,(H,22,24);4-9,12-13H,1-3,10-11H2,(H,23,24);4-12H,1-3H3,(H,22,23);4-12H,1-3H3,(H2,21,22,23)/b12-7+;;10-9+;2*9-4+;9-8+. The molecule has 0 bridgehead atoms. The number of nitrogens with two attached hydrogens (primary N) is 1. The second kappa shape index (κ2) is 53.6. The number of nitrogens with one attached hydrogen (secondary N) is 1. The minimum absolute atomic E-state index is 0.158. The third-order valence-corrected chi connectivity index (χ3v) is 25.3. The molecule has 778 valence electrons. The molecule has 2 saturated heterocycles. The number of aliphatic carboxylic acids is 3. The van der Waals surface area contributed by atoms with Gasteiger partial charge in [-0.3, -0.25) is 39.1 Å². The molecule has 9 heterocycles. The molecule has 2 aliphatic heterocycles. The zero-order valence-corrected chi connectivity index (χ0v) is 85.9. The number of anilines is 7. The number of sulfonamides is 1. The fourth-order valence-electron chi connectivity index (χ4n) is 15.3. The SMILES string of the molecule is CC(=O)NS(=O)(=O)/C=C/c1cnc(-c2ccc(F)cc2)c(N(C)C(C)C)c1.CC(C)N(C)c1cc(/C=C/C(=O)O)cnc1-c1ccc(F)cc1.CC(C)N(C)c1cc(/C=C/P(=O)(O)O)cnc1-c1ccc(F)cc1.CN(c1ccccc1)c1cc(/C=C/C(=O)O)cnc1-c1ccc(F)cc1.NC(=O)c1ccc2nc(-c3ccc(F)cc3)c(N3CCCCC3)nc2n1.O=C(O)/C=C/c1cnc(-c2ccc(F)cc2)c(N2CCCCC2)c1. The summed E-state index contributed by atoms with van der Waals surface area (Å²) in [5.41, 5.74) is 23.8. The van der Waals surface area contributed by atoms with Gasteiger partial charge in [-0.05, 0) is 338 Å². The molecule has 2 amide bonds. The van der Waals surface area contributed by atoms with E-state index < -0.39 is 47.3 Å². The van der Waals surface area contributed by atoms with Crippen molar-refractivity contribution in [2.45, 2.75) is 105 Å². The maximum Gasteiger partial charge on any atom is 0.349 e. The Labute approximate surface area is 866 Å². The highest BCUT2D eigenvalue weighted by Gasteiger charge is 2.26. The normalized spacial score (nSPS) is 12.6. The van der Waals surface area contributed by atoms with Gasteiger partial charge in [0.1, 0.15) is 51.8 Å². The molecule has 150 heavy (non-hydrogen) atoms. The fourth-order valence-corrected chi connectivity index (χ4v) is 16.5. The first kappa shape index (κ1) is 114. The Morgan fingerprint density at radius 3 is 1.07 bits per heavy atom. The molecule has 0 saturated carbocycles. The number of rotatable bonds is 28. The zero-order chi connectivity index (χ0) is 109. The smallest absolute Gasteiger partial charge is 0.349 e. The van der Waals surface area contributed by atoms with Gasteiger partial charge < -0.3 is 60.2 Å². The van der Waals surface area contributed by atoms with Crippen LogP contribution < -0.4 is 39.9 Å². The number of hydrogen-bond donors (Lipinski definition) is 7. The maximum atomic E-state index is 13.3. The fraction of sp³-hybridized carbons (Fsp3) is 0.212. The maximum absolute atomic E-state index is 13.3. The number of carboxylic acids is 3. The molecule has 0 unspecified atom stereocenters. The highest BCUT2D eigenvalue weighted by atomic mass is 32.2. The van der Waals surface area contributed by atoms with E-state index in [0.717, 1.165) is 173 Å². The number of aromatic nitrogens is 8. The van der Waals surface area contributed by atoms with Crippen LogP contribution in [-0.4, -0.2) is 176 Å². The minimum Gasteiger partial charge on any atom is -0.478 e. The van der Waals surface area contributed by atoms with Gasteiger partial charge in [-0.25, -0.2) is 68.8 Å². The molecule has 2 fully saturated rings. The Balaban J connectivity index is 0.000000171. The lowest BCUT2D eigenvalue weighted by atomic mass is 10.0. The zero-order valence-electron chi connectivity index (χ0n) is 84.2. The van der Waals surface area contributed by atoms with Crippen LogP contribution in [0.15, 0.2) is 279 Å². The second-order valence-corrected chi connectivity index (χ2v) is 38.6. The molecule has 7 aromatic carbocycles. The number of para-hydroxylation sites is 1. The minimum atomic E-state index is -4.23. The van der Waals surface area contributed by atoms with E-state index in [9.17, 15) is 63.3 Å². The van der Waals surface area contributed by atoms with Crippen molar-refractivity contribution in [1.82, 2.24) is 44.6 Å². The van der Waals surface area contributed by atoms with Crippen LogP contribution in [0.25, 0.3) is 109 Å². The first-order valence-corrected chi connectivity index (χ1v) is 50.9. The molecule has 16 rings (SSSR count). The number of halogens is 6. The van der Waals surface area contributed by atoms with Crippen molar-refractivity contribution in [3.05, 3.63) is 347 Å². The molecule has 7 aromatic heterocycles. The van der Waals surface area contributed by atoms with Crippen molar-refractivity contribution in [2.24, 2.45) is 5.73 Å². The number of nitrogens with zero attached hydrogens (tertiary/aromatic N) is 14. The largest absolute Gasteiger partial charge is 0.478 e. The molecule has 29 nitrogen and oxygen atoms in total. The van der Waals surface area contributed by atoms with Gasteiger partial charge in [0.15, 0.2) is 11.5 Å². The van der Waals surface area contributed by atoms with Crippen molar-refractivity contribution < 1.29 is 88.4 Å². The number of hydrogen-bond acceptors (Lipinski definition) is 22. The number of amides is 2. The lowest BCUT2D eigenvalue weighted by molar-refractivity contribution is -0.132. The summed E-state index contributed by atoms with van der Waals surface area (Å²) in [7, 11) is -0.429. The number of carboxylic acid groups (broad SMARTS) is 3. The lowest BCUT2D eigenvalue weighted by Gasteiger charge is -2.30. The quantitative estimate of drug-likeness (QED) is 0.0136. The summed E-state index contributed by atoms with van der Waals surface area (Å²) >= 11 is 0. The van der Waals surface area contributed by atoms with Gasteiger partial charge in [-0.15, -0.1) is 0 Å². The van der Waals surface area contributed by atoms with E-state index in [1.165, 1.54) is 134 Å². The predicted octanol–water partition coefficient (Wildman–Crippen LogP) is 22.5. The van der Waals surface area contributed by atoms with Crippen LogP contribution in [0.1, 0.15) is 125 Å². The van der Waals surface area contributed by atoms with E-state index >= 15 is 0 Å². The Kier molecular flexibility index (Phi) is 40.6. The summed E-state index contributed by atoms with van der Waals surface area (Å²) in [6.07, 6.45) is 25.2. The van der Waals surface area contributed by atoms with Gasteiger partial charge in [0.25, 0.3) is 15.9 Å². The number of carbonyl (C=O) groups excluding carboxylic acids is 2. The summed E-state index contributed by atoms with van der Waals surface area (Å²) in [5, 5.41) is 27.3. The number of primary amides is 1. The molecular weight excluding hydrogens is 1970 g/mol. The van der Waals surface area contributed by atoms with E-state index in [-0.39, 0.29) is 58.7 Å². The van der Waals surface area contributed by atoms with Crippen LogP contribution in [-0.2, 0) is 33.8 Å². The van der Waals surface area contributed by atoms with Crippen LogP contribution in [0.5, 0.6) is 0 Å². The Hall–Kier alpha value is -16.7. The molecule has 8 N–H and O–H groups in total. The first-order chi connectivity index (χ1) is 71.4. The molecule has 0 radical (unpaired) electrons. The predicted molar refractivity (Wildman–Crippen MR) is 580 cm³/mol. The topological polar surface area (TPSA) is 398 Å². The highest BCUT2D eigenvalue weighted by molar-refractivity contribution is 7.93. The van der Waals surface area contributed by atoms with Crippen LogP contribution in [0.2, 0.25) is 0 Å². The monoisotopic (exact) mass is 2080 g/mol. The Morgan fingerprint density at radius 1 is 0.400 bits per heavy atom. The lowest BCUT2D eigenvalue weighted by Crippen LogP contribution is -2.31. The summed E-state index contributed by atoms with van der Waals surface area (Å²) in [6.45, 7) is 16.9. The molecule has 0 spiro atoms. The van der Waals surface area contributed by atoms with Crippen LogP contribution >= 0.6 is 7.60 Å². The molecule has 14 aromatic rings. The van der Waals surface area contributed by atoms with E-state index in [4.69, 9.17) is 40.8 Å². The average Bonchev–Trinajstić information content (AvgIpc) is 0.773. The van der Waals surface area contributed by atoms with Crippen molar-refractivity contribution in [3.63, 3.8) is 0 Å². The summed E-state index contributed by atoms with van der Waals surface area (Å²) in [5.74, 6) is -4.57. The number of piperidine rings is 2. The first-order valence-electron chi connectivity index (χ1n) is 47.6. The van der Waals surface area contributed by atoms with Crippen molar-refractivity contribution >= 4 is 129 Å². The van der Waals surface area contributed by atoms with E-state index in [1.54, 1.807) is 110 Å². The van der Waals surface area contributed by atoms with Gasteiger partial charge in [0, 0.05) is 174 Å². The van der Waals surface area contributed by atoms with Gasteiger partial charge >= 0.3 is 25.5 Å². The van der Waals surface area contributed by atoms with Gasteiger partial charge in [0.05, 0.1) is 62.3 Å². The van der Waals surface area contributed by atoms with E-state index in [2.05, 4.69) is 39.7 Å². The molecule has 2 aliphatic rings. The highest BCUT2D eigenvalue weighted by Crippen LogP contribution is 2.41. The number of carbonyl (C=O) groups is 5. The van der Waals surface area contributed by atoms with Crippen molar-refractivity contribution in [1.29, 1.82) is 0 Å². The van der Waals surface area contributed by atoms with Gasteiger partial charge in [-0.1, -0.05) is 18.2 Å².